The Labute approximate surface area is 210 Å². The molecule has 0 saturated carbocycles. The van der Waals surface area contributed by atoms with Gasteiger partial charge in [-0.15, -0.1) is 0 Å². The highest BCUT2D eigenvalue weighted by atomic mass is 19.1. The molecule has 12 nitrogen and oxygen atoms in total. The summed E-state index contributed by atoms with van der Waals surface area (Å²) < 4.78 is 26.3. The number of halogens is 1. The van der Waals surface area contributed by atoms with Gasteiger partial charge in [0, 0.05) is 25.4 Å². The quantitative estimate of drug-likeness (QED) is 0.284. The van der Waals surface area contributed by atoms with E-state index in [4.69, 9.17) is 9.47 Å². The van der Waals surface area contributed by atoms with Crippen molar-refractivity contribution in [3.63, 3.8) is 0 Å². The highest BCUT2D eigenvalue weighted by Crippen LogP contribution is 2.33. The van der Waals surface area contributed by atoms with Crippen LogP contribution in [0.5, 0.6) is 5.75 Å². The van der Waals surface area contributed by atoms with Crippen molar-refractivity contribution in [2.24, 2.45) is 0 Å². The van der Waals surface area contributed by atoms with Crippen molar-refractivity contribution in [1.29, 1.82) is 0 Å². The Kier molecular flexibility index (Phi) is 6.65. The third-order valence-electron chi connectivity index (χ3n) is 6.00. The number of fused-ring (bicyclic) bond motifs is 1. The second kappa shape index (κ2) is 10.0. The number of pyridine rings is 1. The van der Waals surface area contributed by atoms with Gasteiger partial charge >= 0.3 is 0 Å². The van der Waals surface area contributed by atoms with Crippen LogP contribution in [0.3, 0.4) is 0 Å². The molecule has 0 bridgehead atoms. The maximum absolute atomic E-state index is 13.9. The number of anilines is 1. The van der Waals surface area contributed by atoms with E-state index in [1.165, 1.54) is 30.2 Å². The Morgan fingerprint density at radius 3 is 2.81 bits per heavy atom. The van der Waals surface area contributed by atoms with Crippen LogP contribution < -0.4 is 15.4 Å². The third kappa shape index (κ3) is 4.67. The van der Waals surface area contributed by atoms with Crippen molar-refractivity contribution in [1.82, 2.24) is 29.8 Å². The lowest BCUT2D eigenvalue weighted by molar-refractivity contribution is -0.137. The van der Waals surface area contributed by atoms with Crippen LogP contribution in [-0.2, 0) is 16.1 Å². The number of aromatic nitrogens is 5. The van der Waals surface area contributed by atoms with Gasteiger partial charge in [0.15, 0.2) is 35.1 Å². The molecule has 0 aliphatic carbocycles. The number of ether oxygens (including phenoxy) is 2. The molecule has 0 unspecified atom stereocenters. The Bertz CT molecular complexity index is 1450. The summed E-state index contributed by atoms with van der Waals surface area (Å²) in [4.78, 5) is 29.5. The molecule has 1 fully saturated rings. The SMILES string of the molecule is CNC(=O)[C@H]1O[C@@H](n2cnc3c(NCc4cccc(OC)c4)nc(-c4cncc(F)c4)nc32)[C@H](O)[C@@H]1O. The zero-order chi connectivity index (χ0) is 26.1. The molecule has 192 valence electrons. The number of carbonyl (C=O) groups excluding carboxylic acids is 1. The first kappa shape index (κ1) is 24.5. The molecule has 4 heterocycles. The first-order chi connectivity index (χ1) is 17.9. The summed E-state index contributed by atoms with van der Waals surface area (Å²) in [6, 6.07) is 8.71. The topological polar surface area (TPSA) is 157 Å². The van der Waals surface area contributed by atoms with Crippen LogP contribution in [0.1, 0.15) is 11.8 Å². The fourth-order valence-corrected chi connectivity index (χ4v) is 4.11. The number of imidazole rings is 1. The number of aliphatic hydroxyl groups is 2. The molecule has 5 rings (SSSR count). The molecule has 1 aliphatic heterocycles. The number of hydrogen-bond acceptors (Lipinski definition) is 10. The summed E-state index contributed by atoms with van der Waals surface area (Å²) in [6.45, 7) is 0.358. The van der Waals surface area contributed by atoms with Gasteiger partial charge in [-0.1, -0.05) is 12.1 Å². The van der Waals surface area contributed by atoms with Crippen LogP contribution in [0.15, 0.2) is 49.1 Å². The predicted molar refractivity (Wildman–Crippen MR) is 129 cm³/mol. The largest absolute Gasteiger partial charge is 0.497 e. The molecule has 3 aromatic heterocycles. The van der Waals surface area contributed by atoms with Gasteiger partial charge in [0.1, 0.15) is 23.8 Å². The Hall–Kier alpha value is -4.20. The lowest BCUT2D eigenvalue weighted by Gasteiger charge is -2.17. The second-order valence-corrected chi connectivity index (χ2v) is 8.36. The van der Waals surface area contributed by atoms with Gasteiger partial charge in [0.05, 0.1) is 19.6 Å². The highest BCUT2D eigenvalue weighted by Gasteiger charge is 2.47. The number of benzene rings is 1. The van der Waals surface area contributed by atoms with Crippen LogP contribution in [0, 0.1) is 5.82 Å². The minimum Gasteiger partial charge on any atom is -0.497 e. The summed E-state index contributed by atoms with van der Waals surface area (Å²) >= 11 is 0. The van der Waals surface area contributed by atoms with Gasteiger partial charge < -0.3 is 30.3 Å². The molecule has 4 atom stereocenters. The molecular formula is C24H24FN7O5. The van der Waals surface area contributed by atoms with E-state index in [9.17, 15) is 19.4 Å². The van der Waals surface area contributed by atoms with Gasteiger partial charge in [-0.05, 0) is 23.8 Å². The maximum atomic E-state index is 13.9. The molecule has 0 radical (unpaired) electrons. The van der Waals surface area contributed by atoms with Crippen LogP contribution in [0.25, 0.3) is 22.6 Å². The first-order valence-corrected chi connectivity index (χ1v) is 11.3. The normalized spacial score (nSPS) is 21.2. The van der Waals surface area contributed by atoms with E-state index in [2.05, 4.69) is 30.6 Å². The molecule has 0 spiro atoms. The van der Waals surface area contributed by atoms with Crippen LogP contribution in [0.2, 0.25) is 0 Å². The van der Waals surface area contributed by atoms with Gasteiger partial charge in [0.25, 0.3) is 5.91 Å². The number of nitrogens with zero attached hydrogens (tertiary/aromatic N) is 5. The van der Waals surface area contributed by atoms with Gasteiger partial charge in [-0.25, -0.2) is 19.3 Å². The Morgan fingerprint density at radius 1 is 1.22 bits per heavy atom. The fraction of sp³-hybridized carbons (Fsp3) is 0.292. The van der Waals surface area contributed by atoms with E-state index in [0.29, 0.717) is 29.2 Å². The van der Waals surface area contributed by atoms with Crippen LogP contribution in [-0.4, -0.2) is 73.1 Å². The minimum atomic E-state index is -1.47. The first-order valence-electron chi connectivity index (χ1n) is 11.3. The summed E-state index contributed by atoms with van der Waals surface area (Å²) in [7, 11) is 2.98. The lowest BCUT2D eigenvalue weighted by atomic mass is 10.1. The zero-order valence-electron chi connectivity index (χ0n) is 19.9. The number of likely N-dealkylation sites (N-methyl/N-ethyl adjacent to an activating group) is 1. The van der Waals surface area contributed by atoms with Gasteiger partial charge in [-0.3, -0.25) is 14.3 Å². The molecule has 1 saturated heterocycles. The van der Waals surface area contributed by atoms with Crippen molar-refractivity contribution in [2.45, 2.75) is 31.1 Å². The number of methoxy groups -OCH3 is 1. The Balaban J connectivity index is 1.57. The average Bonchev–Trinajstić information content (AvgIpc) is 3.47. The molecule has 4 aromatic rings. The molecule has 1 amide bonds. The molecule has 13 heteroatoms. The van der Waals surface area contributed by atoms with E-state index in [1.807, 2.05) is 24.3 Å². The van der Waals surface area contributed by atoms with Crippen molar-refractivity contribution < 1.29 is 28.9 Å². The number of nitrogens with one attached hydrogen (secondary N) is 2. The van der Waals surface area contributed by atoms with Crippen LogP contribution in [0.4, 0.5) is 10.2 Å². The van der Waals surface area contributed by atoms with Gasteiger partial charge in [-0.2, -0.15) is 0 Å². The molecule has 4 N–H and O–H groups in total. The van der Waals surface area contributed by atoms with Crippen LogP contribution >= 0.6 is 0 Å². The van der Waals surface area contributed by atoms with E-state index in [0.717, 1.165) is 11.8 Å². The smallest absolute Gasteiger partial charge is 0.251 e. The summed E-state index contributed by atoms with van der Waals surface area (Å²) in [6.07, 6.45) is -1.51. The number of carbonyl (C=O) groups is 1. The van der Waals surface area contributed by atoms with Crippen molar-refractivity contribution in [3.05, 3.63) is 60.4 Å². The predicted octanol–water partition coefficient (Wildman–Crippen LogP) is 1.01. The molecule has 1 aliphatic rings. The van der Waals surface area contributed by atoms with Gasteiger partial charge in [0.2, 0.25) is 0 Å². The standard InChI is InChI=1S/C24H24FN7O5/c1-26-23(35)19-17(33)18(34)24(37-19)32-11-29-16-21(28-8-12-4-3-5-15(6-12)36-2)30-20(31-22(16)32)13-7-14(25)10-27-9-13/h3-7,9-11,17-19,24,33-34H,8H2,1-2H3,(H,26,35)(H,28,30,31)/t17-,18+,19-,24+/m0/s1. The monoisotopic (exact) mass is 509 g/mol. The van der Waals surface area contributed by atoms with Crippen molar-refractivity contribution in [3.8, 4) is 17.1 Å². The number of rotatable bonds is 7. The summed E-state index contributed by atoms with van der Waals surface area (Å²) in [5, 5.41) is 26.7. The van der Waals surface area contributed by atoms with Crippen molar-refractivity contribution in [2.75, 3.05) is 19.5 Å². The van der Waals surface area contributed by atoms with E-state index in [1.54, 1.807) is 7.11 Å². The van der Waals surface area contributed by atoms with E-state index < -0.39 is 36.3 Å². The highest BCUT2D eigenvalue weighted by molar-refractivity contribution is 5.85. The van der Waals surface area contributed by atoms with Crippen molar-refractivity contribution >= 4 is 22.9 Å². The summed E-state index contributed by atoms with van der Waals surface area (Å²) in [5.74, 6) is 0.0264. The zero-order valence-corrected chi connectivity index (χ0v) is 19.9. The average molecular weight is 509 g/mol. The molecule has 1 aromatic carbocycles. The third-order valence-corrected chi connectivity index (χ3v) is 6.00. The maximum Gasteiger partial charge on any atom is 0.251 e. The van der Waals surface area contributed by atoms with E-state index in [-0.39, 0.29) is 11.5 Å². The Morgan fingerprint density at radius 2 is 2.05 bits per heavy atom. The number of amides is 1. The lowest BCUT2D eigenvalue weighted by Crippen LogP contribution is -2.41. The molecule has 37 heavy (non-hydrogen) atoms. The second-order valence-electron chi connectivity index (χ2n) is 8.36. The fourth-order valence-electron chi connectivity index (χ4n) is 4.11. The number of aliphatic hydroxyl groups excluding tert-OH is 2. The number of hydrogen-bond donors (Lipinski definition) is 4. The van der Waals surface area contributed by atoms with E-state index >= 15 is 0 Å². The molecular weight excluding hydrogens is 485 g/mol. The minimum absolute atomic E-state index is 0.144. The summed E-state index contributed by atoms with van der Waals surface area (Å²) in [5.41, 5.74) is 1.79.